The van der Waals surface area contributed by atoms with Gasteiger partial charge in [0.1, 0.15) is 9.09 Å². The summed E-state index contributed by atoms with van der Waals surface area (Å²) < 4.78 is 26.6. The van der Waals surface area contributed by atoms with Crippen LogP contribution in [0.5, 0.6) is 0 Å². The maximum Gasteiger partial charge on any atom is 0.345 e. The molecule has 108 valence electrons. The molecule has 19 heavy (non-hydrogen) atoms. The molecule has 0 aliphatic carbocycles. The van der Waals surface area contributed by atoms with Crippen molar-refractivity contribution in [1.29, 1.82) is 0 Å². The van der Waals surface area contributed by atoms with Gasteiger partial charge in [-0.05, 0) is 23.5 Å². The van der Waals surface area contributed by atoms with E-state index in [-0.39, 0.29) is 20.4 Å². The molecule has 1 heterocycles. The zero-order chi connectivity index (χ0) is 14.8. The summed E-state index contributed by atoms with van der Waals surface area (Å²) in [4.78, 5) is 10.8. The van der Waals surface area contributed by atoms with Gasteiger partial charge in [-0.1, -0.05) is 27.7 Å². The van der Waals surface area contributed by atoms with Gasteiger partial charge in [0.05, 0.1) is 0 Å². The van der Waals surface area contributed by atoms with E-state index >= 15 is 0 Å². The molecule has 0 bridgehead atoms. The number of sulfonamides is 1. The van der Waals surface area contributed by atoms with E-state index in [1.165, 1.54) is 12.1 Å². The number of carbonyl (C=O) groups is 1. The highest BCUT2D eigenvalue weighted by atomic mass is 32.2. The van der Waals surface area contributed by atoms with E-state index < -0.39 is 16.0 Å². The lowest BCUT2D eigenvalue weighted by atomic mass is 9.82. The molecule has 0 amide bonds. The molecular weight excluding hydrogens is 286 g/mol. The zero-order valence-corrected chi connectivity index (χ0v) is 13.1. The first-order chi connectivity index (χ1) is 8.54. The van der Waals surface area contributed by atoms with Gasteiger partial charge in [-0.3, -0.25) is 0 Å². The Morgan fingerprint density at radius 3 is 2.42 bits per heavy atom. The number of carboxylic acid groups (broad SMARTS) is 1. The molecule has 5 nitrogen and oxygen atoms in total. The maximum absolute atomic E-state index is 12.0. The number of carboxylic acids is 1. The van der Waals surface area contributed by atoms with Gasteiger partial charge in [0, 0.05) is 6.54 Å². The fourth-order valence-electron chi connectivity index (χ4n) is 1.19. The highest BCUT2D eigenvalue weighted by molar-refractivity contribution is 7.91. The largest absolute Gasteiger partial charge is 0.477 e. The summed E-state index contributed by atoms with van der Waals surface area (Å²) in [6.45, 7) is 8.42. The molecule has 1 aromatic rings. The second-order valence-electron chi connectivity index (χ2n) is 5.54. The maximum atomic E-state index is 12.0. The van der Waals surface area contributed by atoms with Gasteiger partial charge in [0.25, 0.3) is 0 Å². The second kappa shape index (κ2) is 5.60. The quantitative estimate of drug-likeness (QED) is 0.875. The third kappa shape index (κ3) is 4.29. The SMILES string of the molecule is CC(CNS(=O)(=O)c1ccc(C(=O)O)s1)C(C)(C)C. The van der Waals surface area contributed by atoms with E-state index in [1.807, 2.05) is 27.7 Å². The topological polar surface area (TPSA) is 83.5 Å². The number of aromatic carboxylic acids is 1. The lowest BCUT2D eigenvalue weighted by Crippen LogP contribution is -2.33. The number of hydrogen-bond acceptors (Lipinski definition) is 4. The number of hydrogen-bond donors (Lipinski definition) is 2. The van der Waals surface area contributed by atoms with Crippen molar-refractivity contribution in [2.24, 2.45) is 11.3 Å². The number of rotatable bonds is 5. The van der Waals surface area contributed by atoms with Crippen LogP contribution in [0.25, 0.3) is 0 Å². The Morgan fingerprint density at radius 1 is 1.42 bits per heavy atom. The first-order valence-corrected chi connectivity index (χ1v) is 8.17. The van der Waals surface area contributed by atoms with Crippen molar-refractivity contribution in [2.75, 3.05) is 6.54 Å². The van der Waals surface area contributed by atoms with Gasteiger partial charge in [0.2, 0.25) is 10.0 Å². The summed E-state index contributed by atoms with van der Waals surface area (Å²) in [5.74, 6) is -0.948. The van der Waals surface area contributed by atoms with E-state index in [4.69, 9.17) is 5.11 Å². The van der Waals surface area contributed by atoms with Crippen LogP contribution >= 0.6 is 11.3 Å². The minimum absolute atomic E-state index is 0.00416. The Balaban J connectivity index is 2.79. The van der Waals surface area contributed by atoms with Gasteiger partial charge in [-0.15, -0.1) is 11.3 Å². The Kier molecular flexibility index (Phi) is 4.76. The van der Waals surface area contributed by atoms with Gasteiger partial charge in [-0.2, -0.15) is 0 Å². The lowest BCUT2D eigenvalue weighted by molar-refractivity contribution is 0.0702. The summed E-state index contributed by atoms with van der Waals surface area (Å²) in [6, 6.07) is 2.62. The van der Waals surface area contributed by atoms with Crippen LogP contribution in [0.2, 0.25) is 0 Å². The standard InChI is InChI=1S/C12H19NO4S2/c1-8(12(2,3)4)7-13-19(16,17)10-6-5-9(18-10)11(14)15/h5-6,8,13H,7H2,1-4H3,(H,14,15). The van der Waals surface area contributed by atoms with Crippen molar-refractivity contribution in [2.45, 2.75) is 31.9 Å². The van der Waals surface area contributed by atoms with E-state index in [9.17, 15) is 13.2 Å². The lowest BCUT2D eigenvalue weighted by Gasteiger charge is -2.27. The summed E-state index contributed by atoms with van der Waals surface area (Å²) in [7, 11) is -3.62. The highest BCUT2D eigenvalue weighted by Crippen LogP contribution is 2.26. The summed E-state index contributed by atoms with van der Waals surface area (Å²) in [6.07, 6.45) is 0. The van der Waals surface area contributed by atoms with Gasteiger partial charge < -0.3 is 5.11 Å². The van der Waals surface area contributed by atoms with E-state index in [1.54, 1.807) is 0 Å². The van der Waals surface area contributed by atoms with E-state index in [0.29, 0.717) is 6.54 Å². The van der Waals surface area contributed by atoms with Crippen LogP contribution in [0.1, 0.15) is 37.4 Å². The van der Waals surface area contributed by atoms with Crippen LogP contribution < -0.4 is 4.72 Å². The van der Waals surface area contributed by atoms with Crippen molar-refractivity contribution < 1.29 is 18.3 Å². The van der Waals surface area contributed by atoms with Crippen molar-refractivity contribution in [3.05, 3.63) is 17.0 Å². The molecule has 1 rings (SSSR count). The average molecular weight is 305 g/mol. The molecule has 0 fully saturated rings. The van der Waals surface area contributed by atoms with E-state index in [2.05, 4.69) is 4.72 Å². The molecule has 0 saturated heterocycles. The second-order valence-corrected chi connectivity index (χ2v) is 8.62. The Labute approximate surface area is 117 Å². The van der Waals surface area contributed by atoms with Crippen molar-refractivity contribution in [3.63, 3.8) is 0 Å². The highest BCUT2D eigenvalue weighted by Gasteiger charge is 2.24. The van der Waals surface area contributed by atoms with Crippen LogP contribution in [0.15, 0.2) is 16.3 Å². The third-order valence-corrected chi connectivity index (χ3v) is 6.10. The first kappa shape index (κ1) is 16.1. The average Bonchev–Trinajstić information content (AvgIpc) is 2.74. The molecule has 0 aliphatic heterocycles. The summed E-state index contributed by atoms with van der Waals surface area (Å²) in [5, 5.41) is 8.78. The molecule has 0 aromatic carbocycles. The molecule has 1 aromatic heterocycles. The van der Waals surface area contributed by atoms with Gasteiger partial charge >= 0.3 is 5.97 Å². The molecule has 1 unspecified atom stereocenters. The molecule has 0 saturated carbocycles. The smallest absolute Gasteiger partial charge is 0.345 e. The summed E-state index contributed by atoms with van der Waals surface area (Å²) in [5.41, 5.74) is 0.00416. The minimum Gasteiger partial charge on any atom is -0.477 e. The predicted molar refractivity (Wildman–Crippen MR) is 75.1 cm³/mol. The fourth-order valence-corrected chi connectivity index (χ4v) is 3.51. The van der Waals surface area contributed by atoms with Crippen LogP contribution in [0.3, 0.4) is 0 Å². The van der Waals surface area contributed by atoms with Crippen molar-refractivity contribution >= 4 is 27.3 Å². The number of nitrogens with one attached hydrogen (secondary N) is 1. The van der Waals surface area contributed by atoms with Crippen LogP contribution in [-0.4, -0.2) is 26.0 Å². The molecule has 7 heteroatoms. The molecule has 0 spiro atoms. The van der Waals surface area contributed by atoms with Gasteiger partial charge in [0.15, 0.2) is 0 Å². The Bertz CT molecular complexity index is 555. The Morgan fingerprint density at radius 2 is 2.00 bits per heavy atom. The van der Waals surface area contributed by atoms with Crippen LogP contribution in [0, 0.1) is 11.3 Å². The molecule has 2 N–H and O–H groups in total. The molecule has 1 atom stereocenters. The third-order valence-electron chi connectivity index (χ3n) is 3.11. The number of thiophene rings is 1. The monoisotopic (exact) mass is 305 g/mol. The zero-order valence-electron chi connectivity index (χ0n) is 11.4. The molecule has 0 radical (unpaired) electrons. The first-order valence-electron chi connectivity index (χ1n) is 5.87. The van der Waals surface area contributed by atoms with Gasteiger partial charge in [-0.25, -0.2) is 17.9 Å². The van der Waals surface area contributed by atoms with Crippen molar-refractivity contribution in [1.82, 2.24) is 4.72 Å². The summed E-state index contributed by atoms with van der Waals surface area (Å²) >= 11 is 0.757. The van der Waals surface area contributed by atoms with Crippen LogP contribution in [-0.2, 0) is 10.0 Å². The molecule has 0 aliphatic rings. The predicted octanol–water partition coefficient (Wildman–Crippen LogP) is 2.41. The molecular formula is C12H19NO4S2. The van der Waals surface area contributed by atoms with E-state index in [0.717, 1.165) is 11.3 Å². The fraction of sp³-hybridized carbons (Fsp3) is 0.583. The minimum atomic E-state index is -3.62. The Hall–Kier alpha value is -0.920. The van der Waals surface area contributed by atoms with Crippen LogP contribution in [0.4, 0.5) is 0 Å². The van der Waals surface area contributed by atoms with Crippen molar-refractivity contribution in [3.8, 4) is 0 Å². The normalized spacial score (nSPS) is 14.3.